The summed E-state index contributed by atoms with van der Waals surface area (Å²) in [5.74, 6) is 0.221. The highest BCUT2D eigenvalue weighted by Crippen LogP contribution is 2.38. The molecule has 0 aromatic heterocycles. The molecule has 2 saturated heterocycles. The molecule has 2 unspecified atom stereocenters. The smallest absolute Gasteiger partial charge is 0.227 e. The maximum absolute atomic E-state index is 12.5. The summed E-state index contributed by atoms with van der Waals surface area (Å²) in [4.78, 5) is 14.6. The summed E-state index contributed by atoms with van der Waals surface area (Å²) < 4.78 is 0. The van der Waals surface area contributed by atoms with Gasteiger partial charge in [0.15, 0.2) is 0 Å². The van der Waals surface area contributed by atoms with E-state index in [1.54, 1.807) is 0 Å². The monoisotopic (exact) mass is 297 g/mol. The van der Waals surface area contributed by atoms with Crippen molar-refractivity contribution >= 4 is 29.1 Å². The largest absolute Gasteiger partial charge is 0.336 e. The van der Waals surface area contributed by atoms with Crippen molar-refractivity contribution in [3.8, 4) is 0 Å². The van der Waals surface area contributed by atoms with E-state index in [-0.39, 0.29) is 11.3 Å². The predicted molar refractivity (Wildman–Crippen MR) is 77.7 cm³/mol. The Kier molecular flexibility index (Phi) is 3.72. The second-order valence-electron chi connectivity index (χ2n) is 5.56. The van der Waals surface area contributed by atoms with E-state index in [1.807, 2.05) is 24.3 Å². The van der Waals surface area contributed by atoms with Crippen molar-refractivity contribution in [3.05, 3.63) is 34.9 Å². The fourth-order valence-electron chi connectivity index (χ4n) is 3.43. The zero-order valence-electron chi connectivity index (χ0n) is 10.7. The van der Waals surface area contributed by atoms with Gasteiger partial charge in [0.25, 0.3) is 0 Å². The summed E-state index contributed by atoms with van der Waals surface area (Å²) in [5, 5.41) is 0.931. The fraction of sp³-hybridized carbons (Fsp3) is 0.533. The molecule has 2 heterocycles. The molecular formula is C15H17Cl2NO. The third-order valence-electron chi connectivity index (χ3n) is 4.21. The highest BCUT2D eigenvalue weighted by atomic mass is 35.5. The van der Waals surface area contributed by atoms with E-state index in [0.717, 1.165) is 31.2 Å². The molecule has 1 aromatic rings. The molecule has 4 heteroatoms. The van der Waals surface area contributed by atoms with Gasteiger partial charge in [0.05, 0.1) is 6.42 Å². The van der Waals surface area contributed by atoms with Crippen LogP contribution >= 0.6 is 23.2 Å². The Morgan fingerprint density at radius 1 is 1.26 bits per heavy atom. The summed E-state index contributed by atoms with van der Waals surface area (Å²) in [6.07, 6.45) is 4.55. The third kappa shape index (κ3) is 2.75. The van der Waals surface area contributed by atoms with Crippen molar-refractivity contribution in [2.24, 2.45) is 0 Å². The minimum Gasteiger partial charge on any atom is -0.336 e. The van der Waals surface area contributed by atoms with Crippen molar-refractivity contribution in [1.82, 2.24) is 4.90 Å². The van der Waals surface area contributed by atoms with E-state index >= 15 is 0 Å². The van der Waals surface area contributed by atoms with Gasteiger partial charge < -0.3 is 4.90 Å². The number of rotatable bonds is 2. The molecule has 2 aliphatic rings. The number of piperidine rings is 1. The van der Waals surface area contributed by atoms with Crippen LogP contribution in [0.3, 0.4) is 0 Å². The van der Waals surface area contributed by atoms with Crippen LogP contribution in [0, 0.1) is 0 Å². The van der Waals surface area contributed by atoms with Crippen LogP contribution < -0.4 is 0 Å². The van der Waals surface area contributed by atoms with E-state index in [0.29, 0.717) is 23.5 Å². The van der Waals surface area contributed by atoms with Gasteiger partial charge in [-0.3, -0.25) is 4.79 Å². The Bertz CT molecular complexity index is 477. The number of carbonyl (C=O) groups is 1. The van der Waals surface area contributed by atoms with Crippen LogP contribution in [0.5, 0.6) is 0 Å². The second kappa shape index (κ2) is 5.34. The van der Waals surface area contributed by atoms with E-state index in [2.05, 4.69) is 4.90 Å². The first kappa shape index (κ1) is 13.3. The standard InChI is InChI=1S/C15H17Cl2NO/c16-11-3-1-2-10(6-11)7-15(19)18-13-4-5-14(18)9-12(17)8-13/h1-3,6,12-14H,4-5,7-9H2. The highest BCUT2D eigenvalue weighted by molar-refractivity contribution is 6.30. The Morgan fingerprint density at radius 3 is 2.58 bits per heavy atom. The lowest BCUT2D eigenvalue weighted by molar-refractivity contribution is -0.134. The molecule has 1 aromatic carbocycles. The fourth-order valence-corrected chi connectivity index (χ4v) is 4.05. The first-order valence-electron chi connectivity index (χ1n) is 6.83. The topological polar surface area (TPSA) is 20.3 Å². The Morgan fingerprint density at radius 2 is 1.95 bits per heavy atom. The first-order valence-corrected chi connectivity index (χ1v) is 7.64. The number of nitrogens with zero attached hydrogens (tertiary/aromatic N) is 1. The number of fused-ring (bicyclic) bond motifs is 2. The lowest BCUT2D eigenvalue weighted by Gasteiger charge is -2.37. The predicted octanol–water partition coefficient (Wildman–Crippen LogP) is 3.64. The van der Waals surface area contributed by atoms with Crippen LogP contribution in [0.1, 0.15) is 31.2 Å². The summed E-state index contributed by atoms with van der Waals surface area (Å²) in [6.45, 7) is 0. The number of benzene rings is 1. The molecule has 0 spiro atoms. The molecule has 1 amide bonds. The van der Waals surface area contributed by atoms with Crippen molar-refractivity contribution in [3.63, 3.8) is 0 Å². The average Bonchev–Trinajstić information content (AvgIpc) is 2.62. The number of hydrogen-bond acceptors (Lipinski definition) is 1. The molecule has 0 radical (unpaired) electrons. The molecule has 0 saturated carbocycles. The van der Waals surface area contributed by atoms with E-state index in [1.165, 1.54) is 0 Å². The lowest BCUT2D eigenvalue weighted by Crippen LogP contribution is -2.47. The van der Waals surface area contributed by atoms with Crippen LogP contribution in [0.4, 0.5) is 0 Å². The van der Waals surface area contributed by atoms with Crippen LogP contribution in [-0.4, -0.2) is 28.3 Å². The SMILES string of the molecule is O=C(Cc1cccc(Cl)c1)N1C2CCC1CC(Cl)C2. The van der Waals surface area contributed by atoms with Gasteiger partial charge in [0.1, 0.15) is 0 Å². The normalized spacial score (nSPS) is 29.6. The molecule has 2 fully saturated rings. The molecule has 2 aliphatic heterocycles. The third-order valence-corrected chi connectivity index (χ3v) is 4.80. The summed E-state index contributed by atoms with van der Waals surface area (Å²) in [5.41, 5.74) is 0.991. The maximum Gasteiger partial charge on any atom is 0.227 e. The number of amides is 1. The van der Waals surface area contributed by atoms with Gasteiger partial charge in [-0.15, -0.1) is 11.6 Å². The molecule has 2 atom stereocenters. The molecule has 0 N–H and O–H groups in total. The molecular weight excluding hydrogens is 281 g/mol. The average molecular weight is 298 g/mol. The molecule has 2 nitrogen and oxygen atoms in total. The maximum atomic E-state index is 12.5. The minimum atomic E-state index is 0.221. The van der Waals surface area contributed by atoms with Crippen molar-refractivity contribution < 1.29 is 4.79 Å². The Balaban J connectivity index is 1.71. The summed E-state index contributed by atoms with van der Waals surface area (Å²) in [7, 11) is 0. The minimum absolute atomic E-state index is 0.221. The number of halogens is 2. The van der Waals surface area contributed by atoms with Crippen LogP contribution in [-0.2, 0) is 11.2 Å². The number of carbonyl (C=O) groups excluding carboxylic acids is 1. The van der Waals surface area contributed by atoms with Gasteiger partial charge >= 0.3 is 0 Å². The van der Waals surface area contributed by atoms with E-state index < -0.39 is 0 Å². The number of alkyl halides is 1. The zero-order chi connectivity index (χ0) is 13.4. The molecule has 102 valence electrons. The van der Waals surface area contributed by atoms with Gasteiger partial charge in [-0.25, -0.2) is 0 Å². The van der Waals surface area contributed by atoms with Crippen LogP contribution in [0.15, 0.2) is 24.3 Å². The van der Waals surface area contributed by atoms with Crippen LogP contribution in [0.25, 0.3) is 0 Å². The molecule has 19 heavy (non-hydrogen) atoms. The Labute approximate surface area is 123 Å². The first-order chi connectivity index (χ1) is 9.13. The van der Waals surface area contributed by atoms with Gasteiger partial charge in [-0.05, 0) is 43.4 Å². The van der Waals surface area contributed by atoms with Gasteiger partial charge in [-0.2, -0.15) is 0 Å². The van der Waals surface area contributed by atoms with Crippen molar-refractivity contribution in [2.75, 3.05) is 0 Å². The summed E-state index contributed by atoms with van der Waals surface area (Å²) in [6, 6.07) is 8.26. The molecule has 2 bridgehead atoms. The van der Waals surface area contributed by atoms with E-state index in [4.69, 9.17) is 23.2 Å². The van der Waals surface area contributed by atoms with Crippen molar-refractivity contribution in [1.29, 1.82) is 0 Å². The summed E-state index contributed by atoms with van der Waals surface area (Å²) >= 11 is 12.2. The van der Waals surface area contributed by atoms with Crippen LogP contribution in [0.2, 0.25) is 5.02 Å². The van der Waals surface area contributed by atoms with Gasteiger partial charge in [0.2, 0.25) is 5.91 Å². The lowest BCUT2D eigenvalue weighted by atomic mass is 10.0. The zero-order valence-corrected chi connectivity index (χ0v) is 12.2. The van der Waals surface area contributed by atoms with Gasteiger partial charge in [-0.1, -0.05) is 23.7 Å². The quantitative estimate of drug-likeness (QED) is 0.763. The second-order valence-corrected chi connectivity index (χ2v) is 6.62. The number of hydrogen-bond donors (Lipinski definition) is 0. The molecule has 3 rings (SSSR count). The van der Waals surface area contributed by atoms with Gasteiger partial charge in [0, 0.05) is 22.5 Å². The molecule has 0 aliphatic carbocycles. The van der Waals surface area contributed by atoms with E-state index in [9.17, 15) is 4.79 Å². The van der Waals surface area contributed by atoms with Crippen molar-refractivity contribution in [2.45, 2.75) is 49.6 Å². The Hall–Kier alpha value is -0.730. The highest BCUT2D eigenvalue weighted by Gasteiger charge is 2.42.